The number of hydrogen-bond donors (Lipinski definition) is 2. The van der Waals surface area contributed by atoms with Crippen molar-refractivity contribution in [3.8, 4) is 5.75 Å². The second-order valence-corrected chi connectivity index (χ2v) is 6.25. The fourth-order valence-corrected chi connectivity index (χ4v) is 2.26. The van der Waals surface area contributed by atoms with E-state index in [4.69, 9.17) is 4.74 Å². The molecule has 1 amide bonds. The molecule has 0 radical (unpaired) electrons. The lowest BCUT2D eigenvalue weighted by Crippen LogP contribution is -2.26. The van der Waals surface area contributed by atoms with Gasteiger partial charge in [-0.05, 0) is 36.5 Å². The van der Waals surface area contributed by atoms with Gasteiger partial charge in [0.25, 0.3) is 5.91 Å². The summed E-state index contributed by atoms with van der Waals surface area (Å²) >= 11 is 0. The van der Waals surface area contributed by atoms with Crippen molar-refractivity contribution in [3.05, 3.63) is 47.9 Å². The predicted octanol–water partition coefficient (Wildman–Crippen LogP) is 2.92. The van der Waals surface area contributed by atoms with E-state index in [1.807, 2.05) is 18.2 Å². The van der Waals surface area contributed by atoms with Crippen molar-refractivity contribution in [2.45, 2.75) is 26.7 Å². The Bertz CT molecular complexity index is 671. The Morgan fingerprint density at radius 3 is 2.72 bits per heavy atom. The van der Waals surface area contributed by atoms with Crippen LogP contribution in [0.15, 0.2) is 36.7 Å². The van der Waals surface area contributed by atoms with Crippen LogP contribution in [0.2, 0.25) is 0 Å². The van der Waals surface area contributed by atoms with Gasteiger partial charge in [0.1, 0.15) is 17.3 Å². The fraction of sp³-hybridized carbons (Fsp3) is 0.421. The summed E-state index contributed by atoms with van der Waals surface area (Å²) in [5.41, 5.74) is 1.52. The highest BCUT2D eigenvalue weighted by Crippen LogP contribution is 2.13. The third kappa shape index (κ3) is 6.41. The predicted molar refractivity (Wildman–Crippen MR) is 99.0 cm³/mol. The number of carbonyl (C=O) groups is 1. The first kappa shape index (κ1) is 18.7. The van der Waals surface area contributed by atoms with Crippen LogP contribution in [0, 0.1) is 5.92 Å². The summed E-state index contributed by atoms with van der Waals surface area (Å²) in [6.45, 7) is 5.62. The molecule has 1 heterocycles. The number of hydrogen-bond acceptors (Lipinski definition) is 5. The van der Waals surface area contributed by atoms with Crippen molar-refractivity contribution in [3.63, 3.8) is 0 Å². The van der Waals surface area contributed by atoms with Crippen LogP contribution in [-0.4, -0.2) is 36.1 Å². The number of nitrogens with zero attached hydrogens (tertiary/aromatic N) is 2. The molecule has 0 atom stereocenters. The lowest BCUT2D eigenvalue weighted by Gasteiger charge is -2.08. The standard InChI is InChI=1S/C19H26N4O2/c1-14(2)7-9-21-19(24)17-12-23-18(13-22-17)20-10-8-15-5-4-6-16(11-15)25-3/h4-6,11-14H,7-10H2,1-3H3,(H,20,23)(H,21,24). The highest BCUT2D eigenvalue weighted by molar-refractivity contribution is 5.91. The number of amides is 1. The van der Waals surface area contributed by atoms with E-state index in [9.17, 15) is 4.79 Å². The molecule has 134 valence electrons. The Hall–Kier alpha value is -2.63. The number of benzene rings is 1. The van der Waals surface area contributed by atoms with Crippen LogP contribution >= 0.6 is 0 Å². The summed E-state index contributed by atoms with van der Waals surface area (Å²) < 4.78 is 5.22. The van der Waals surface area contributed by atoms with E-state index >= 15 is 0 Å². The quantitative estimate of drug-likeness (QED) is 0.733. The van der Waals surface area contributed by atoms with Crippen LogP contribution < -0.4 is 15.4 Å². The molecular weight excluding hydrogens is 316 g/mol. The van der Waals surface area contributed by atoms with Crippen LogP contribution in [0.25, 0.3) is 0 Å². The van der Waals surface area contributed by atoms with E-state index in [1.165, 1.54) is 11.8 Å². The molecule has 0 spiro atoms. The Morgan fingerprint density at radius 2 is 2.04 bits per heavy atom. The van der Waals surface area contributed by atoms with Crippen molar-refractivity contribution in [1.82, 2.24) is 15.3 Å². The van der Waals surface area contributed by atoms with E-state index in [-0.39, 0.29) is 5.91 Å². The van der Waals surface area contributed by atoms with Gasteiger partial charge in [0, 0.05) is 13.1 Å². The lowest BCUT2D eigenvalue weighted by atomic mass is 10.1. The van der Waals surface area contributed by atoms with Gasteiger partial charge in [0.05, 0.1) is 19.5 Å². The molecule has 2 rings (SSSR count). The molecule has 6 nitrogen and oxygen atoms in total. The monoisotopic (exact) mass is 342 g/mol. The van der Waals surface area contributed by atoms with Gasteiger partial charge in [0.2, 0.25) is 0 Å². The van der Waals surface area contributed by atoms with Crippen molar-refractivity contribution < 1.29 is 9.53 Å². The van der Waals surface area contributed by atoms with E-state index in [1.54, 1.807) is 13.3 Å². The first-order valence-corrected chi connectivity index (χ1v) is 8.55. The maximum Gasteiger partial charge on any atom is 0.271 e. The van der Waals surface area contributed by atoms with Crippen LogP contribution in [0.4, 0.5) is 5.82 Å². The van der Waals surface area contributed by atoms with Crippen LogP contribution in [0.3, 0.4) is 0 Å². The molecule has 0 bridgehead atoms. The Kier molecular flexibility index (Phi) is 7.19. The highest BCUT2D eigenvalue weighted by atomic mass is 16.5. The van der Waals surface area contributed by atoms with Crippen molar-refractivity contribution in [2.24, 2.45) is 5.92 Å². The van der Waals surface area contributed by atoms with Gasteiger partial charge in [0.15, 0.2) is 0 Å². The van der Waals surface area contributed by atoms with Gasteiger partial charge in [-0.3, -0.25) is 4.79 Å². The van der Waals surface area contributed by atoms with Gasteiger partial charge >= 0.3 is 0 Å². The van der Waals surface area contributed by atoms with Crippen LogP contribution in [0.1, 0.15) is 36.3 Å². The SMILES string of the molecule is COc1cccc(CCNc2cnc(C(=O)NCCC(C)C)cn2)c1. The minimum Gasteiger partial charge on any atom is -0.497 e. The largest absolute Gasteiger partial charge is 0.497 e. The molecule has 25 heavy (non-hydrogen) atoms. The number of aromatic nitrogens is 2. The zero-order valence-electron chi connectivity index (χ0n) is 15.1. The summed E-state index contributed by atoms with van der Waals surface area (Å²) in [7, 11) is 1.66. The van der Waals surface area contributed by atoms with Gasteiger partial charge in [-0.25, -0.2) is 9.97 Å². The number of rotatable bonds is 9. The van der Waals surface area contributed by atoms with Crippen LogP contribution in [0.5, 0.6) is 5.75 Å². The van der Waals surface area contributed by atoms with Crippen molar-refractivity contribution >= 4 is 11.7 Å². The molecule has 1 aromatic heterocycles. The van der Waals surface area contributed by atoms with Crippen LogP contribution in [-0.2, 0) is 6.42 Å². The zero-order chi connectivity index (χ0) is 18.1. The molecule has 0 unspecified atom stereocenters. The lowest BCUT2D eigenvalue weighted by molar-refractivity contribution is 0.0946. The van der Waals surface area contributed by atoms with Gasteiger partial charge in [-0.1, -0.05) is 26.0 Å². The normalized spacial score (nSPS) is 10.6. The number of methoxy groups -OCH3 is 1. The molecule has 2 N–H and O–H groups in total. The van der Waals surface area contributed by atoms with Gasteiger partial charge < -0.3 is 15.4 Å². The molecule has 0 aliphatic heterocycles. The molecule has 0 saturated heterocycles. The molecule has 0 saturated carbocycles. The smallest absolute Gasteiger partial charge is 0.271 e. The molecule has 2 aromatic rings. The summed E-state index contributed by atoms with van der Waals surface area (Å²) in [6.07, 6.45) is 4.88. The zero-order valence-corrected chi connectivity index (χ0v) is 15.1. The Labute approximate surface area is 149 Å². The molecule has 1 aromatic carbocycles. The summed E-state index contributed by atoms with van der Waals surface area (Å²) in [5, 5.41) is 6.06. The third-order valence-corrected chi connectivity index (χ3v) is 3.75. The second kappa shape index (κ2) is 9.61. The molecule has 0 aliphatic rings. The third-order valence-electron chi connectivity index (χ3n) is 3.75. The fourth-order valence-electron chi connectivity index (χ4n) is 2.26. The van der Waals surface area contributed by atoms with Gasteiger partial charge in [-0.15, -0.1) is 0 Å². The minimum atomic E-state index is -0.184. The topological polar surface area (TPSA) is 76.1 Å². The minimum absolute atomic E-state index is 0.184. The Balaban J connectivity index is 1.78. The highest BCUT2D eigenvalue weighted by Gasteiger charge is 2.07. The van der Waals surface area contributed by atoms with E-state index < -0.39 is 0 Å². The van der Waals surface area contributed by atoms with Crippen molar-refractivity contribution in [1.29, 1.82) is 0 Å². The van der Waals surface area contributed by atoms with Crippen molar-refractivity contribution in [2.75, 3.05) is 25.5 Å². The second-order valence-electron chi connectivity index (χ2n) is 6.25. The Morgan fingerprint density at radius 1 is 1.20 bits per heavy atom. The number of nitrogens with one attached hydrogen (secondary N) is 2. The summed E-state index contributed by atoms with van der Waals surface area (Å²) in [4.78, 5) is 20.4. The van der Waals surface area contributed by atoms with E-state index in [0.717, 1.165) is 25.1 Å². The number of anilines is 1. The van der Waals surface area contributed by atoms with Gasteiger partial charge in [-0.2, -0.15) is 0 Å². The average molecular weight is 342 g/mol. The van der Waals surface area contributed by atoms with E-state index in [0.29, 0.717) is 24.0 Å². The summed E-state index contributed by atoms with van der Waals surface area (Å²) in [6, 6.07) is 7.96. The summed E-state index contributed by atoms with van der Waals surface area (Å²) in [5.74, 6) is 1.88. The number of carbonyl (C=O) groups excluding carboxylic acids is 1. The van der Waals surface area contributed by atoms with E-state index in [2.05, 4.69) is 40.5 Å². The molecule has 6 heteroatoms. The maximum atomic E-state index is 12.0. The first-order valence-electron chi connectivity index (χ1n) is 8.55. The number of ether oxygens (including phenoxy) is 1. The molecular formula is C19H26N4O2. The molecule has 0 fully saturated rings. The maximum absolute atomic E-state index is 12.0. The molecule has 0 aliphatic carbocycles. The first-order chi connectivity index (χ1) is 12.1. The average Bonchev–Trinajstić information content (AvgIpc) is 2.62.